The van der Waals surface area contributed by atoms with Crippen molar-refractivity contribution in [2.75, 3.05) is 6.61 Å². The molecule has 0 aliphatic heterocycles. The first-order chi connectivity index (χ1) is 5.87. The first-order valence-electron chi connectivity index (χ1n) is 4.39. The van der Waals surface area contributed by atoms with Crippen molar-refractivity contribution in [3.05, 3.63) is 11.6 Å². The Hall–Kier alpha value is -0.830. The summed E-state index contributed by atoms with van der Waals surface area (Å²) in [7, 11) is 0. The second-order valence-electron chi connectivity index (χ2n) is 3.67. The molecule has 1 N–H and O–H groups in total. The summed E-state index contributed by atoms with van der Waals surface area (Å²) in [6.45, 7) is 7.11. The smallest absolute Gasteiger partial charge is 0.333 e. The largest absolute Gasteiger partial charge is 0.462 e. The van der Waals surface area contributed by atoms with Gasteiger partial charge in [-0.1, -0.05) is 6.08 Å². The van der Waals surface area contributed by atoms with E-state index in [2.05, 4.69) is 0 Å². The van der Waals surface area contributed by atoms with Gasteiger partial charge in [-0.05, 0) is 27.7 Å². The lowest BCUT2D eigenvalue weighted by atomic mass is 10.1. The Kier molecular flexibility index (Phi) is 4.70. The van der Waals surface area contributed by atoms with Crippen LogP contribution in [0.4, 0.5) is 0 Å². The Labute approximate surface area is 79.4 Å². The molecule has 3 nitrogen and oxygen atoms in total. The Bertz CT molecular complexity index is 199. The van der Waals surface area contributed by atoms with Crippen LogP contribution in [-0.2, 0) is 9.53 Å². The van der Waals surface area contributed by atoms with Crippen LogP contribution in [0.3, 0.4) is 0 Å². The van der Waals surface area contributed by atoms with Gasteiger partial charge >= 0.3 is 5.97 Å². The van der Waals surface area contributed by atoms with E-state index in [-0.39, 0.29) is 12.6 Å². The molecular weight excluding hydrogens is 168 g/mol. The van der Waals surface area contributed by atoms with Crippen molar-refractivity contribution in [1.82, 2.24) is 0 Å². The Morgan fingerprint density at radius 1 is 1.54 bits per heavy atom. The van der Waals surface area contributed by atoms with E-state index in [0.717, 1.165) is 0 Å². The van der Waals surface area contributed by atoms with Crippen LogP contribution in [0.15, 0.2) is 11.6 Å². The van der Waals surface area contributed by atoms with Gasteiger partial charge in [0.1, 0.15) is 0 Å². The van der Waals surface area contributed by atoms with Crippen LogP contribution in [0.25, 0.3) is 0 Å². The first kappa shape index (κ1) is 12.2. The van der Waals surface area contributed by atoms with Crippen LogP contribution < -0.4 is 0 Å². The van der Waals surface area contributed by atoms with Gasteiger partial charge in [0, 0.05) is 12.0 Å². The Morgan fingerprint density at radius 3 is 2.46 bits per heavy atom. The molecule has 0 spiro atoms. The Morgan fingerprint density at radius 2 is 2.08 bits per heavy atom. The predicted octanol–water partition coefficient (Wildman–Crippen LogP) is 1.66. The van der Waals surface area contributed by atoms with Crippen molar-refractivity contribution < 1.29 is 14.6 Å². The summed E-state index contributed by atoms with van der Waals surface area (Å²) < 4.78 is 4.90. The molecule has 0 aromatic rings. The molecule has 0 saturated carbocycles. The summed E-state index contributed by atoms with van der Waals surface area (Å²) in [5.41, 5.74) is -0.180. The molecule has 0 fully saturated rings. The number of carbonyl (C=O) groups excluding carboxylic acids is 1. The lowest BCUT2D eigenvalue weighted by Gasteiger charge is -2.16. The van der Waals surface area contributed by atoms with Gasteiger partial charge in [-0.25, -0.2) is 4.79 Å². The molecule has 3 heteroatoms. The summed E-state index contributed by atoms with van der Waals surface area (Å²) in [6, 6.07) is 0. The highest BCUT2D eigenvalue weighted by molar-refractivity contribution is 5.87. The normalized spacial score (nSPS) is 12.8. The molecule has 0 amide bonds. The number of aliphatic hydroxyl groups is 1. The van der Waals surface area contributed by atoms with E-state index in [1.807, 2.05) is 0 Å². The number of ether oxygens (including phenoxy) is 1. The van der Waals surface area contributed by atoms with E-state index in [9.17, 15) is 9.90 Å². The highest BCUT2D eigenvalue weighted by Gasteiger charge is 2.13. The zero-order valence-corrected chi connectivity index (χ0v) is 8.76. The fourth-order valence-corrected chi connectivity index (χ4v) is 0.625. The van der Waals surface area contributed by atoms with E-state index in [4.69, 9.17) is 4.74 Å². The van der Waals surface area contributed by atoms with Crippen LogP contribution in [0.2, 0.25) is 0 Å². The molecule has 0 heterocycles. The van der Waals surface area contributed by atoms with Gasteiger partial charge in [0.15, 0.2) is 0 Å². The molecule has 76 valence electrons. The zero-order valence-electron chi connectivity index (χ0n) is 8.76. The fraction of sp³-hybridized carbons (Fsp3) is 0.700. The standard InChI is InChI=1S/C10H18O3/c1-5-8(2)9(11)13-7-6-10(3,4)12/h5,12H,6-7H2,1-4H3. The molecule has 0 saturated heterocycles. The van der Waals surface area contributed by atoms with Crippen molar-refractivity contribution in [2.24, 2.45) is 0 Å². The fourth-order valence-electron chi connectivity index (χ4n) is 0.625. The first-order valence-corrected chi connectivity index (χ1v) is 4.39. The minimum atomic E-state index is -0.774. The maximum atomic E-state index is 11.1. The third kappa shape index (κ3) is 6.34. The number of rotatable bonds is 4. The topological polar surface area (TPSA) is 46.5 Å². The summed E-state index contributed by atoms with van der Waals surface area (Å²) in [5, 5.41) is 9.32. The molecule has 0 unspecified atom stereocenters. The van der Waals surface area contributed by atoms with E-state index < -0.39 is 5.60 Å². The highest BCUT2D eigenvalue weighted by Crippen LogP contribution is 2.07. The Balaban J connectivity index is 3.73. The number of carbonyl (C=O) groups is 1. The van der Waals surface area contributed by atoms with Crippen LogP contribution in [0, 0.1) is 0 Å². The maximum Gasteiger partial charge on any atom is 0.333 e. The average molecular weight is 186 g/mol. The zero-order chi connectivity index (χ0) is 10.5. The van der Waals surface area contributed by atoms with Crippen LogP contribution in [0.1, 0.15) is 34.1 Å². The van der Waals surface area contributed by atoms with Crippen molar-refractivity contribution >= 4 is 5.97 Å². The van der Waals surface area contributed by atoms with E-state index in [0.29, 0.717) is 12.0 Å². The third-order valence-corrected chi connectivity index (χ3v) is 1.70. The molecule has 0 aromatic heterocycles. The highest BCUT2D eigenvalue weighted by atomic mass is 16.5. The minimum absolute atomic E-state index is 0.257. The van der Waals surface area contributed by atoms with Crippen molar-refractivity contribution in [3.63, 3.8) is 0 Å². The van der Waals surface area contributed by atoms with Gasteiger partial charge in [0.25, 0.3) is 0 Å². The van der Waals surface area contributed by atoms with Gasteiger partial charge in [0.05, 0.1) is 12.2 Å². The molecular formula is C10H18O3. The molecule has 0 bridgehead atoms. The second kappa shape index (κ2) is 5.02. The monoisotopic (exact) mass is 186 g/mol. The lowest BCUT2D eigenvalue weighted by molar-refractivity contribution is -0.140. The quantitative estimate of drug-likeness (QED) is 0.536. The summed E-state index contributed by atoms with van der Waals surface area (Å²) >= 11 is 0. The molecule has 13 heavy (non-hydrogen) atoms. The number of allylic oxidation sites excluding steroid dienone is 1. The summed E-state index contributed by atoms with van der Waals surface area (Å²) in [5.74, 6) is -0.313. The average Bonchev–Trinajstić information content (AvgIpc) is 2.00. The van der Waals surface area contributed by atoms with Gasteiger partial charge in [-0.15, -0.1) is 0 Å². The van der Waals surface area contributed by atoms with E-state index >= 15 is 0 Å². The van der Waals surface area contributed by atoms with Gasteiger partial charge < -0.3 is 9.84 Å². The van der Waals surface area contributed by atoms with Gasteiger partial charge in [0.2, 0.25) is 0 Å². The summed E-state index contributed by atoms with van der Waals surface area (Å²) in [6.07, 6.45) is 2.15. The summed E-state index contributed by atoms with van der Waals surface area (Å²) in [4.78, 5) is 11.1. The lowest BCUT2D eigenvalue weighted by Crippen LogP contribution is -2.22. The second-order valence-corrected chi connectivity index (χ2v) is 3.67. The molecule has 0 radical (unpaired) electrons. The third-order valence-electron chi connectivity index (χ3n) is 1.70. The number of hydrogen-bond acceptors (Lipinski definition) is 3. The molecule has 0 aliphatic rings. The number of esters is 1. The predicted molar refractivity (Wildman–Crippen MR) is 51.3 cm³/mol. The molecule has 0 aliphatic carbocycles. The van der Waals surface area contributed by atoms with Crippen LogP contribution in [0.5, 0.6) is 0 Å². The minimum Gasteiger partial charge on any atom is -0.462 e. The van der Waals surface area contributed by atoms with Crippen LogP contribution >= 0.6 is 0 Å². The molecule has 0 atom stereocenters. The van der Waals surface area contributed by atoms with Crippen molar-refractivity contribution in [2.45, 2.75) is 39.7 Å². The van der Waals surface area contributed by atoms with Crippen molar-refractivity contribution in [1.29, 1.82) is 0 Å². The van der Waals surface area contributed by atoms with Crippen LogP contribution in [-0.4, -0.2) is 23.3 Å². The SMILES string of the molecule is CC=C(C)C(=O)OCCC(C)(C)O. The molecule has 0 rings (SSSR count). The van der Waals surface area contributed by atoms with Gasteiger partial charge in [-0.2, -0.15) is 0 Å². The van der Waals surface area contributed by atoms with E-state index in [1.165, 1.54) is 0 Å². The number of hydrogen-bond donors (Lipinski definition) is 1. The van der Waals surface area contributed by atoms with E-state index in [1.54, 1.807) is 33.8 Å². The maximum absolute atomic E-state index is 11.1. The van der Waals surface area contributed by atoms with Crippen molar-refractivity contribution in [3.8, 4) is 0 Å². The molecule has 0 aromatic carbocycles. The van der Waals surface area contributed by atoms with Gasteiger partial charge in [-0.3, -0.25) is 0 Å².